The van der Waals surface area contributed by atoms with Gasteiger partial charge in [-0.25, -0.2) is 4.79 Å². The van der Waals surface area contributed by atoms with Gasteiger partial charge in [-0.1, -0.05) is 17.7 Å². The van der Waals surface area contributed by atoms with Gasteiger partial charge in [0.1, 0.15) is 22.6 Å². The minimum Gasteiger partial charge on any atom is -0.483 e. The third-order valence-electron chi connectivity index (χ3n) is 3.75. The van der Waals surface area contributed by atoms with Gasteiger partial charge in [-0.2, -0.15) is 0 Å². The molecule has 1 heterocycles. The van der Waals surface area contributed by atoms with E-state index in [0.717, 1.165) is 11.1 Å². The van der Waals surface area contributed by atoms with Crippen molar-refractivity contribution >= 4 is 23.7 Å². The molecule has 27 heavy (non-hydrogen) atoms. The number of amides is 2. The number of aryl methyl sites for hydroxylation is 3. The van der Waals surface area contributed by atoms with Crippen LogP contribution in [0.4, 0.5) is 5.88 Å². The van der Waals surface area contributed by atoms with Gasteiger partial charge in [0.25, 0.3) is 11.8 Å². The fourth-order valence-electron chi connectivity index (χ4n) is 2.58. The quantitative estimate of drug-likeness (QED) is 0.718. The van der Waals surface area contributed by atoms with Crippen molar-refractivity contribution in [3.8, 4) is 5.75 Å². The van der Waals surface area contributed by atoms with Crippen molar-refractivity contribution in [2.24, 2.45) is 5.73 Å². The summed E-state index contributed by atoms with van der Waals surface area (Å²) in [6.45, 7) is 6.73. The third kappa shape index (κ3) is 4.66. The zero-order chi connectivity index (χ0) is 20.1. The topological polar surface area (TPSA) is 121 Å². The first-order valence-corrected chi connectivity index (χ1v) is 8.34. The summed E-state index contributed by atoms with van der Waals surface area (Å²) in [5.74, 6) is -1.76. The number of hydrogen-bond acceptors (Lipinski definition) is 6. The van der Waals surface area contributed by atoms with E-state index in [4.69, 9.17) is 19.6 Å². The van der Waals surface area contributed by atoms with Gasteiger partial charge in [0.05, 0.1) is 6.61 Å². The summed E-state index contributed by atoms with van der Waals surface area (Å²) in [4.78, 5) is 36.0. The van der Waals surface area contributed by atoms with Crippen LogP contribution < -0.4 is 15.8 Å². The molecule has 0 aliphatic carbocycles. The van der Waals surface area contributed by atoms with Crippen molar-refractivity contribution < 1.29 is 28.3 Å². The van der Waals surface area contributed by atoms with E-state index in [-0.39, 0.29) is 36.0 Å². The first-order valence-electron chi connectivity index (χ1n) is 8.34. The molecule has 3 N–H and O–H groups in total. The van der Waals surface area contributed by atoms with Gasteiger partial charge in [0.15, 0.2) is 6.61 Å². The largest absolute Gasteiger partial charge is 0.483 e. The van der Waals surface area contributed by atoms with Gasteiger partial charge in [-0.05, 0) is 39.3 Å². The molecule has 2 amide bonds. The molecular formula is C19H22N2O6. The standard InChI is InChI=1S/C19H22N2O6/c1-5-25-19(24)15-12(4)27-18(16(15)17(20)23)21-14(22)9-26-13-7-6-10(2)8-11(13)3/h6-8H,5,9H2,1-4H3,(H2,20,23)(H,21,22). The van der Waals surface area contributed by atoms with Crippen LogP contribution in [0.25, 0.3) is 0 Å². The Labute approximate surface area is 156 Å². The van der Waals surface area contributed by atoms with Crippen LogP contribution in [0.15, 0.2) is 22.6 Å². The second-order valence-electron chi connectivity index (χ2n) is 5.93. The number of benzene rings is 1. The summed E-state index contributed by atoms with van der Waals surface area (Å²) in [6.07, 6.45) is 0. The Morgan fingerprint density at radius 2 is 1.85 bits per heavy atom. The molecule has 0 aliphatic rings. The van der Waals surface area contributed by atoms with Crippen molar-refractivity contribution in [2.75, 3.05) is 18.5 Å². The van der Waals surface area contributed by atoms with Crippen molar-refractivity contribution in [1.29, 1.82) is 0 Å². The van der Waals surface area contributed by atoms with E-state index in [1.54, 1.807) is 13.0 Å². The van der Waals surface area contributed by atoms with E-state index in [1.807, 2.05) is 26.0 Å². The molecule has 2 rings (SSSR count). The Balaban J connectivity index is 2.16. The number of nitrogens with two attached hydrogens (primary N) is 1. The summed E-state index contributed by atoms with van der Waals surface area (Å²) < 4.78 is 15.7. The van der Waals surface area contributed by atoms with E-state index < -0.39 is 17.8 Å². The van der Waals surface area contributed by atoms with Gasteiger partial charge in [0.2, 0.25) is 5.88 Å². The zero-order valence-electron chi connectivity index (χ0n) is 15.7. The lowest BCUT2D eigenvalue weighted by atomic mass is 10.1. The minimum absolute atomic E-state index is 0.102. The number of nitrogens with one attached hydrogen (secondary N) is 1. The van der Waals surface area contributed by atoms with Crippen molar-refractivity contribution in [2.45, 2.75) is 27.7 Å². The third-order valence-corrected chi connectivity index (χ3v) is 3.75. The van der Waals surface area contributed by atoms with Crippen LogP contribution in [-0.2, 0) is 9.53 Å². The fourth-order valence-corrected chi connectivity index (χ4v) is 2.58. The van der Waals surface area contributed by atoms with Gasteiger partial charge in [-0.3, -0.25) is 14.9 Å². The first kappa shape index (κ1) is 20.0. The van der Waals surface area contributed by atoms with E-state index in [0.29, 0.717) is 5.75 Å². The lowest BCUT2D eigenvalue weighted by molar-refractivity contribution is -0.118. The predicted molar refractivity (Wildman–Crippen MR) is 98.0 cm³/mol. The molecule has 8 heteroatoms. The molecule has 0 unspecified atom stereocenters. The number of hydrogen-bond donors (Lipinski definition) is 2. The molecule has 8 nitrogen and oxygen atoms in total. The monoisotopic (exact) mass is 374 g/mol. The molecule has 0 spiro atoms. The number of ether oxygens (including phenoxy) is 2. The highest BCUT2D eigenvalue weighted by Gasteiger charge is 2.29. The molecule has 0 fully saturated rings. The van der Waals surface area contributed by atoms with Crippen molar-refractivity contribution in [3.05, 3.63) is 46.2 Å². The number of esters is 1. The maximum atomic E-state index is 12.2. The molecular weight excluding hydrogens is 352 g/mol. The van der Waals surface area contributed by atoms with Gasteiger partial charge in [-0.15, -0.1) is 0 Å². The highest BCUT2D eigenvalue weighted by Crippen LogP contribution is 2.27. The molecule has 0 atom stereocenters. The second-order valence-corrected chi connectivity index (χ2v) is 5.93. The van der Waals surface area contributed by atoms with E-state index in [9.17, 15) is 14.4 Å². The fraction of sp³-hybridized carbons (Fsp3) is 0.316. The van der Waals surface area contributed by atoms with E-state index in [2.05, 4.69) is 5.32 Å². The Morgan fingerprint density at radius 1 is 1.15 bits per heavy atom. The molecule has 0 radical (unpaired) electrons. The Bertz CT molecular complexity index is 885. The smallest absolute Gasteiger partial charge is 0.342 e. The lowest BCUT2D eigenvalue weighted by Crippen LogP contribution is -2.23. The number of primary amides is 1. The number of carbonyl (C=O) groups is 3. The summed E-state index contributed by atoms with van der Waals surface area (Å²) >= 11 is 0. The lowest BCUT2D eigenvalue weighted by Gasteiger charge is -2.09. The second kappa shape index (κ2) is 8.39. The molecule has 2 aromatic rings. The van der Waals surface area contributed by atoms with Crippen LogP contribution in [0.5, 0.6) is 5.75 Å². The van der Waals surface area contributed by atoms with Crippen LogP contribution in [-0.4, -0.2) is 31.0 Å². The number of rotatable bonds is 7. The zero-order valence-corrected chi connectivity index (χ0v) is 15.7. The van der Waals surface area contributed by atoms with E-state index >= 15 is 0 Å². The average Bonchev–Trinajstić information content (AvgIpc) is 2.90. The molecule has 0 bridgehead atoms. The van der Waals surface area contributed by atoms with E-state index in [1.165, 1.54) is 6.92 Å². The normalized spacial score (nSPS) is 10.4. The van der Waals surface area contributed by atoms with Crippen LogP contribution in [0.1, 0.15) is 44.5 Å². The van der Waals surface area contributed by atoms with Crippen LogP contribution >= 0.6 is 0 Å². The number of carbonyl (C=O) groups excluding carboxylic acids is 3. The van der Waals surface area contributed by atoms with Crippen LogP contribution in [0.2, 0.25) is 0 Å². The first-order chi connectivity index (χ1) is 12.7. The van der Waals surface area contributed by atoms with Crippen molar-refractivity contribution in [3.63, 3.8) is 0 Å². The highest BCUT2D eigenvalue weighted by atomic mass is 16.5. The van der Waals surface area contributed by atoms with Crippen LogP contribution in [0.3, 0.4) is 0 Å². The molecule has 0 saturated heterocycles. The summed E-state index contributed by atoms with van der Waals surface area (Å²) in [6, 6.07) is 5.57. The Hall–Kier alpha value is -3.29. The maximum absolute atomic E-state index is 12.2. The van der Waals surface area contributed by atoms with Gasteiger partial charge < -0.3 is 19.6 Å². The molecule has 0 saturated carbocycles. The predicted octanol–water partition coefficient (Wildman–Crippen LogP) is 2.50. The van der Waals surface area contributed by atoms with Crippen LogP contribution in [0, 0.1) is 20.8 Å². The summed E-state index contributed by atoms with van der Waals surface area (Å²) in [5.41, 5.74) is 6.98. The molecule has 0 aliphatic heterocycles. The maximum Gasteiger partial charge on any atom is 0.342 e. The number of anilines is 1. The minimum atomic E-state index is -0.916. The Kier molecular flexibility index (Phi) is 6.23. The van der Waals surface area contributed by atoms with Gasteiger partial charge in [0, 0.05) is 0 Å². The number of furan rings is 1. The summed E-state index contributed by atoms with van der Waals surface area (Å²) in [7, 11) is 0. The average molecular weight is 374 g/mol. The molecule has 1 aromatic heterocycles. The Morgan fingerprint density at radius 3 is 2.44 bits per heavy atom. The SMILES string of the molecule is CCOC(=O)c1c(C)oc(NC(=O)COc2ccc(C)cc2C)c1C(N)=O. The van der Waals surface area contributed by atoms with Crippen molar-refractivity contribution in [1.82, 2.24) is 0 Å². The van der Waals surface area contributed by atoms with Gasteiger partial charge >= 0.3 is 5.97 Å². The molecule has 144 valence electrons. The summed E-state index contributed by atoms with van der Waals surface area (Å²) in [5, 5.41) is 2.41. The highest BCUT2D eigenvalue weighted by molar-refractivity contribution is 6.10. The molecule has 1 aromatic carbocycles.